The molecule has 0 radical (unpaired) electrons. The molecule has 1 unspecified atom stereocenters. The van der Waals surface area contributed by atoms with Crippen LogP contribution < -0.4 is 0 Å². The zero-order chi connectivity index (χ0) is 21.5. The van der Waals surface area contributed by atoms with Crippen molar-refractivity contribution in [2.75, 3.05) is 0 Å². The highest BCUT2D eigenvalue weighted by Crippen LogP contribution is 2.30. The Balaban J connectivity index is -0.000000504. The zero-order valence-corrected chi connectivity index (χ0v) is 19.7. The van der Waals surface area contributed by atoms with Crippen LogP contribution in [0.4, 0.5) is 0 Å². The van der Waals surface area contributed by atoms with Crippen LogP contribution in [0.15, 0.2) is 65.7 Å². The van der Waals surface area contributed by atoms with Crippen molar-refractivity contribution in [3.63, 3.8) is 0 Å². The highest BCUT2D eigenvalue weighted by molar-refractivity contribution is 6.01. The van der Waals surface area contributed by atoms with Crippen LogP contribution in [-0.2, 0) is 0 Å². The summed E-state index contributed by atoms with van der Waals surface area (Å²) in [6.07, 6.45) is 2.22. The second kappa shape index (κ2) is 24.1. The molecule has 1 heteroatoms. The van der Waals surface area contributed by atoms with E-state index in [1.54, 1.807) is 0 Å². The predicted octanol–water partition coefficient (Wildman–Crippen LogP) is 9.14. The molecule has 2 aromatic carbocycles. The molecule has 1 heterocycles. The van der Waals surface area contributed by atoms with Gasteiger partial charge < -0.3 is 0 Å². The van der Waals surface area contributed by atoms with Gasteiger partial charge in [-0.3, -0.25) is 4.99 Å². The number of nitrogens with zero attached hydrogens (tertiary/aromatic N) is 1. The Morgan fingerprint density at radius 2 is 1.00 bits per heavy atom. The summed E-state index contributed by atoms with van der Waals surface area (Å²) >= 11 is 0. The molecule has 0 saturated carbocycles. The molecular formula is C26H45N. The van der Waals surface area contributed by atoms with Gasteiger partial charge in [-0.1, -0.05) is 130 Å². The Morgan fingerprint density at radius 1 is 0.593 bits per heavy atom. The zero-order valence-electron chi connectivity index (χ0n) is 19.7. The third-order valence-electron chi connectivity index (χ3n) is 3.26. The van der Waals surface area contributed by atoms with Gasteiger partial charge >= 0.3 is 0 Å². The lowest BCUT2D eigenvalue weighted by Gasteiger charge is -2.05. The normalized spacial score (nSPS) is 13.1. The molecule has 154 valence electrons. The molecule has 1 atom stereocenters. The summed E-state index contributed by atoms with van der Waals surface area (Å²) in [5.41, 5.74) is 3.85. The Bertz CT molecular complexity index is 514. The van der Waals surface area contributed by atoms with E-state index in [1.165, 1.54) is 16.8 Å². The molecule has 0 spiro atoms. The lowest BCUT2D eigenvalue weighted by molar-refractivity contribution is 0.723. The summed E-state index contributed by atoms with van der Waals surface area (Å²) in [6, 6.07) is 21.4. The first-order valence-corrected chi connectivity index (χ1v) is 11.1. The lowest BCUT2D eigenvalue weighted by atomic mass is 10.0. The summed E-state index contributed by atoms with van der Waals surface area (Å²) in [5, 5.41) is 0. The van der Waals surface area contributed by atoms with Gasteiger partial charge in [0.25, 0.3) is 0 Å². The summed E-state index contributed by atoms with van der Waals surface area (Å²) in [6.45, 7) is 20.0. The van der Waals surface area contributed by atoms with E-state index in [2.05, 4.69) is 54.6 Å². The van der Waals surface area contributed by atoms with Crippen molar-refractivity contribution in [3.8, 4) is 0 Å². The molecule has 1 aliphatic heterocycles. The maximum Gasteiger partial charge on any atom is 0.0756 e. The fraction of sp³-hybridized carbons (Fsp3) is 0.500. The maximum absolute atomic E-state index is 4.85. The van der Waals surface area contributed by atoms with Gasteiger partial charge in [-0.25, -0.2) is 0 Å². The van der Waals surface area contributed by atoms with Crippen LogP contribution in [-0.4, -0.2) is 5.71 Å². The second-order valence-electron chi connectivity index (χ2n) is 4.41. The van der Waals surface area contributed by atoms with E-state index in [4.69, 9.17) is 4.99 Å². The first kappa shape index (κ1) is 29.9. The van der Waals surface area contributed by atoms with E-state index in [0.29, 0.717) is 6.04 Å². The van der Waals surface area contributed by atoms with Gasteiger partial charge in [-0.05, 0) is 24.0 Å². The van der Waals surface area contributed by atoms with Gasteiger partial charge in [0.1, 0.15) is 0 Å². The summed E-state index contributed by atoms with van der Waals surface area (Å²) in [4.78, 5) is 4.85. The monoisotopic (exact) mass is 371 g/mol. The Morgan fingerprint density at radius 3 is 1.44 bits per heavy atom. The minimum absolute atomic E-state index is 0.353. The standard InChI is InChI=1S/C16H15N.5C2H6/c1-3-7-13(8-4-1)15-11-12-16(17-15)14-9-5-2-6-10-14;5*1-2/h1-10,15H,11-12H2;5*1-2H3. The predicted molar refractivity (Wildman–Crippen MR) is 128 cm³/mol. The number of aliphatic imine (C=N–C) groups is 1. The van der Waals surface area contributed by atoms with Gasteiger partial charge in [0.2, 0.25) is 0 Å². The molecule has 3 rings (SSSR count). The molecule has 0 fully saturated rings. The number of rotatable bonds is 2. The molecule has 0 aromatic heterocycles. The van der Waals surface area contributed by atoms with Crippen molar-refractivity contribution < 1.29 is 0 Å². The van der Waals surface area contributed by atoms with Crippen LogP contribution in [0, 0.1) is 0 Å². The Kier molecular flexibility index (Phi) is 26.7. The average Bonchev–Trinajstić information content (AvgIpc) is 3.32. The molecular weight excluding hydrogens is 326 g/mol. The van der Waals surface area contributed by atoms with Gasteiger partial charge in [-0.15, -0.1) is 0 Å². The number of benzene rings is 2. The van der Waals surface area contributed by atoms with E-state index >= 15 is 0 Å². The molecule has 0 bridgehead atoms. The molecule has 0 N–H and O–H groups in total. The van der Waals surface area contributed by atoms with Crippen LogP contribution in [0.25, 0.3) is 0 Å². The van der Waals surface area contributed by atoms with E-state index in [9.17, 15) is 0 Å². The molecule has 1 nitrogen and oxygen atoms in total. The first-order chi connectivity index (χ1) is 13.4. The van der Waals surface area contributed by atoms with E-state index in [-0.39, 0.29) is 0 Å². The first-order valence-electron chi connectivity index (χ1n) is 11.1. The fourth-order valence-corrected chi connectivity index (χ4v) is 2.36. The summed E-state index contributed by atoms with van der Waals surface area (Å²) < 4.78 is 0. The minimum Gasteiger partial charge on any atom is -0.281 e. The molecule has 0 aliphatic carbocycles. The largest absolute Gasteiger partial charge is 0.281 e. The van der Waals surface area contributed by atoms with Crippen molar-refractivity contribution in [2.45, 2.75) is 88.1 Å². The molecule has 1 aliphatic rings. The third kappa shape index (κ3) is 12.2. The van der Waals surface area contributed by atoms with Gasteiger partial charge in [0.15, 0.2) is 0 Å². The van der Waals surface area contributed by atoms with Crippen molar-refractivity contribution in [1.82, 2.24) is 0 Å². The van der Waals surface area contributed by atoms with Gasteiger partial charge in [-0.2, -0.15) is 0 Å². The lowest BCUT2D eigenvalue weighted by Crippen LogP contribution is -1.94. The quantitative estimate of drug-likeness (QED) is 0.499. The molecule has 0 amide bonds. The van der Waals surface area contributed by atoms with Crippen LogP contribution in [0.2, 0.25) is 0 Å². The van der Waals surface area contributed by atoms with E-state index in [1.807, 2.05) is 75.3 Å². The van der Waals surface area contributed by atoms with Crippen LogP contribution in [0.1, 0.15) is 99.2 Å². The highest BCUT2D eigenvalue weighted by Gasteiger charge is 2.19. The Hall–Kier alpha value is -1.89. The summed E-state index contributed by atoms with van der Waals surface area (Å²) in [5.74, 6) is 0. The Labute approximate surface area is 171 Å². The summed E-state index contributed by atoms with van der Waals surface area (Å²) in [7, 11) is 0. The van der Waals surface area contributed by atoms with Crippen molar-refractivity contribution >= 4 is 5.71 Å². The van der Waals surface area contributed by atoms with E-state index in [0.717, 1.165) is 12.8 Å². The SMILES string of the molecule is CC.CC.CC.CC.CC.c1ccc(C2=NC(c3ccccc3)CC2)cc1. The van der Waals surface area contributed by atoms with E-state index < -0.39 is 0 Å². The molecule has 27 heavy (non-hydrogen) atoms. The van der Waals surface area contributed by atoms with Gasteiger partial charge in [0.05, 0.1) is 6.04 Å². The third-order valence-corrected chi connectivity index (χ3v) is 3.26. The topological polar surface area (TPSA) is 12.4 Å². The van der Waals surface area contributed by atoms with Crippen molar-refractivity contribution in [2.24, 2.45) is 4.99 Å². The number of hydrogen-bond donors (Lipinski definition) is 0. The van der Waals surface area contributed by atoms with Crippen molar-refractivity contribution in [1.29, 1.82) is 0 Å². The van der Waals surface area contributed by atoms with Crippen molar-refractivity contribution in [3.05, 3.63) is 71.8 Å². The maximum atomic E-state index is 4.85. The smallest absolute Gasteiger partial charge is 0.0756 e. The molecule has 2 aromatic rings. The van der Waals surface area contributed by atoms with Crippen LogP contribution >= 0.6 is 0 Å². The fourth-order valence-electron chi connectivity index (χ4n) is 2.36. The average molecular weight is 372 g/mol. The van der Waals surface area contributed by atoms with Crippen LogP contribution in [0.3, 0.4) is 0 Å². The number of hydrogen-bond acceptors (Lipinski definition) is 1. The van der Waals surface area contributed by atoms with Crippen LogP contribution in [0.5, 0.6) is 0 Å². The second-order valence-corrected chi connectivity index (χ2v) is 4.41. The highest BCUT2D eigenvalue weighted by atomic mass is 14.8. The minimum atomic E-state index is 0.353. The van der Waals surface area contributed by atoms with Gasteiger partial charge in [0, 0.05) is 5.71 Å². The molecule has 0 saturated heterocycles.